The van der Waals surface area contributed by atoms with Gasteiger partial charge in [0.1, 0.15) is 0 Å². The minimum Gasteiger partial charge on any atom is -0.327 e. The van der Waals surface area contributed by atoms with Crippen LogP contribution < -0.4 is 5.73 Å². The van der Waals surface area contributed by atoms with Gasteiger partial charge in [-0.05, 0) is 49.7 Å². The fourth-order valence-electron chi connectivity index (χ4n) is 2.48. The first-order valence-corrected chi connectivity index (χ1v) is 6.84. The summed E-state index contributed by atoms with van der Waals surface area (Å²) >= 11 is 7.62. The quantitative estimate of drug-likeness (QED) is 0.842. The van der Waals surface area contributed by atoms with Crippen LogP contribution in [0.15, 0.2) is 12.1 Å². The number of hydrogen-bond donors (Lipinski definition) is 1. The Kier molecular flexibility index (Phi) is 3.70. The first-order valence-electron chi connectivity index (χ1n) is 5.65. The monoisotopic (exact) mass is 243 g/mol. The van der Waals surface area contributed by atoms with E-state index in [9.17, 15) is 0 Å². The molecule has 1 aromatic rings. The summed E-state index contributed by atoms with van der Waals surface area (Å²) in [7, 11) is 0. The van der Waals surface area contributed by atoms with E-state index >= 15 is 0 Å². The van der Waals surface area contributed by atoms with E-state index in [-0.39, 0.29) is 0 Å². The maximum absolute atomic E-state index is 6.17. The molecule has 0 aliphatic heterocycles. The van der Waals surface area contributed by atoms with Crippen molar-refractivity contribution in [3.05, 3.63) is 21.3 Å². The Balaban J connectivity index is 1.98. The summed E-state index contributed by atoms with van der Waals surface area (Å²) in [6.07, 6.45) is 4.87. The van der Waals surface area contributed by atoms with Gasteiger partial charge in [-0.15, -0.1) is 11.3 Å². The average Bonchev–Trinajstić information content (AvgIpc) is 2.58. The smallest absolute Gasteiger partial charge is 0.0931 e. The molecular weight excluding hydrogens is 226 g/mol. The predicted octanol–water partition coefficient (Wildman–Crippen LogP) is 3.71. The van der Waals surface area contributed by atoms with Gasteiger partial charge in [0, 0.05) is 10.9 Å². The summed E-state index contributed by atoms with van der Waals surface area (Å²) in [6.45, 7) is 2.33. The first-order chi connectivity index (χ1) is 7.15. The molecule has 0 spiro atoms. The van der Waals surface area contributed by atoms with Crippen molar-refractivity contribution in [3.8, 4) is 0 Å². The van der Waals surface area contributed by atoms with Gasteiger partial charge in [0.2, 0.25) is 0 Å². The summed E-state index contributed by atoms with van der Waals surface area (Å²) < 4.78 is 0.891. The van der Waals surface area contributed by atoms with E-state index in [2.05, 4.69) is 13.0 Å². The van der Waals surface area contributed by atoms with Crippen LogP contribution in [-0.4, -0.2) is 6.04 Å². The van der Waals surface area contributed by atoms with Crippen LogP contribution in [0.5, 0.6) is 0 Å². The van der Waals surface area contributed by atoms with Crippen molar-refractivity contribution >= 4 is 22.9 Å². The van der Waals surface area contributed by atoms with Crippen LogP contribution in [0.2, 0.25) is 4.34 Å². The molecule has 2 N–H and O–H groups in total. The third kappa shape index (κ3) is 2.96. The van der Waals surface area contributed by atoms with Crippen molar-refractivity contribution in [2.75, 3.05) is 0 Å². The summed E-state index contributed by atoms with van der Waals surface area (Å²) in [4.78, 5) is 1.38. The van der Waals surface area contributed by atoms with Gasteiger partial charge < -0.3 is 5.73 Å². The number of hydrogen-bond acceptors (Lipinski definition) is 2. The first kappa shape index (κ1) is 11.4. The predicted molar refractivity (Wildman–Crippen MR) is 67.5 cm³/mol. The molecular formula is C12H18ClNS. The number of thiophene rings is 1. The molecule has 2 rings (SSSR count). The van der Waals surface area contributed by atoms with Gasteiger partial charge >= 0.3 is 0 Å². The SMILES string of the molecule is CC1CCC(N)C(Cc2ccc(Cl)s2)C1. The molecule has 15 heavy (non-hydrogen) atoms. The van der Waals surface area contributed by atoms with E-state index in [1.54, 1.807) is 11.3 Å². The maximum atomic E-state index is 6.17. The van der Waals surface area contributed by atoms with Gasteiger partial charge in [-0.2, -0.15) is 0 Å². The second-order valence-electron chi connectivity index (χ2n) is 4.75. The van der Waals surface area contributed by atoms with E-state index < -0.39 is 0 Å². The molecule has 1 aliphatic rings. The molecule has 1 nitrogen and oxygen atoms in total. The summed E-state index contributed by atoms with van der Waals surface area (Å²) in [5.74, 6) is 1.49. The third-order valence-electron chi connectivity index (χ3n) is 3.40. The Morgan fingerprint density at radius 1 is 1.47 bits per heavy atom. The highest BCUT2D eigenvalue weighted by molar-refractivity contribution is 7.16. The van der Waals surface area contributed by atoms with E-state index in [1.807, 2.05) is 6.07 Å². The van der Waals surface area contributed by atoms with E-state index in [1.165, 1.54) is 24.1 Å². The van der Waals surface area contributed by atoms with Crippen LogP contribution in [0.4, 0.5) is 0 Å². The normalized spacial score (nSPS) is 31.8. The molecule has 1 fully saturated rings. The molecule has 1 aliphatic carbocycles. The van der Waals surface area contributed by atoms with E-state index in [0.29, 0.717) is 12.0 Å². The number of nitrogens with two attached hydrogens (primary N) is 1. The van der Waals surface area contributed by atoms with Gasteiger partial charge in [-0.1, -0.05) is 18.5 Å². The average molecular weight is 244 g/mol. The molecule has 3 atom stereocenters. The standard InChI is InChI=1S/C12H18ClNS/c1-8-2-4-11(14)9(6-8)7-10-3-5-12(13)15-10/h3,5,8-9,11H,2,4,6-7,14H2,1H3. The lowest BCUT2D eigenvalue weighted by molar-refractivity contribution is 0.245. The van der Waals surface area contributed by atoms with Crippen molar-refractivity contribution < 1.29 is 0 Å². The second-order valence-corrected chi connectivity index (χ2v) is 6.55. The molecule has 3 unspecified atom stereocenters. The molecule has 0 saturated heterocycles. The Labute approximate surface area is 101 Å². The van der Waals surface area contributed by atoms with Gasteiger partial charge in [0.05, 0.1) is 4.34 Å². The van der Waals surface area contributed by atoms with Gasteiger partial charge in [-0.25, -0.2) is 0 Å². The fraction of sp³-hybridized carbons (Fsp3) is 0.667. The van der Waals surface area contributed by atoms with Crippen molar-refractivity contribution in [2.45, 2.75) is 38.6 Å². The van der Waals surface area contributed by atoms with Crippen LogP contribution in [0.25, 0.3) is 0 Å². The highest BCUT2D eigenvalue weighted by atomic mass is 35.5. The lowest BCUT2D eigenvalue weighted by atomic mass is 9.77. The summed E-state index contributed by atoms with van der Waals surface area (Å²) in [5.41, 5.74) is 6.17. The minimum absolute atomic E-state index is 0.391. The lowest BCUT2D eigenvalue weighted by Gasteiger charge is -2.32. The van der Waals surface area contributed by atoms with Crippen molar-refractivity contribution in [1.29, 1.82) is 0 Å². The Morgan fingerprint density at radius 3 is 2.93 bits per heavy atom. The number of halogens is 1. The Morgan fingerprint density at radius 2 is 2.27 bits per heavy atom. The van der Waals surface area contributed by atoms with Crippen LogP contribution in [0, 0.1) is 11.8 Å². The largest absolute Gasteiger partial charge is 0.327 e. The zero-order valence-electron chi connectivity index (χ0n) is 9.08. The van der Waals surface area contributed by atoms with Crippen LogP contribution in [0.1, 0.15) is 31.1 Å². The molecule has 0 aromatic carbocycles. The number of rotatable bonds is 2. The van der Waals surface area contributed by atoms with Crippen molar-refractivity contribution in [3.63, 3.8) is 0 Å². The molecule has 0 radical (unpaired) electrons. The summed E-state index contributed by atoms with van der Waals surface area (Å²) in [6, 6.07) is 4.51. The lowest BCUT2D eigenvalue weighted by Crippen LogP contribution is -2.36. The molecule has 0 bridgehead atoms. The Hall–Kier alpha value is -0.0500. The van der Waals surface area contributed by atoms with Crippen LogP contribution >= 0.6 is 22.9 Å². The van der Waals surface area contributed by atoms with E-state index in [4.69, 9.17) is 17.3 Å². The zero-order valence-corrected chi connectivity index (χ0v) is 10.7. The molecule has 1 saturated carbocycles. The molecule has 1 aromatic heterocycles. The van der Waals surface area contributed by atoms with Gasteiger partial charge in [-0.3, -0.25) is 0 Å². The highest BCUT2D eigenvalue weighted by Crippen LogP contribution is 2.32. The van der Waals surface area contributed by atoms with Crippen molar-refractivity contribution in [2.24, 2.45) is 17.6 Å². The van der Waals surface area contributed by atoms with Gasteiger partial charge in [0.25, 0.3) is 0 Å². The zero-order chi connectivity index (χ0) is 10.8. The molecule has 0 amide bonds. The fourth-order valence-corrected chi connectivity index (χ4v) is 3.66. The topological polar surface area (TPSA) is 26.0 Å². The molecule has 84 valence electrons. The summed E-state index contributed by atoms with van der Waals surface area (Å²) in [5, 5.41) is 0. The highest BCUT2D eigenvalue weighted by Gasteiger charge is 2.26. The third-order valence-corrected chi connectivity index (χ3v) is 4.65. The van der Waals surface area contributed by atoms with Crippen LogP contribution in [0.3, 0.4) is 0 Å². The van der Waals surface area contributed by atoms with Crippen LogP contribution in [-0.2, 0) is 6.42 Å². The Bertz CT molecular complexity index is 323. The van der Waals surface area contributed by atoms with E-state index in [0.717, 1.165) is 16.7 Å². The molecule has 3 heteroatoms. The minimum atomic E-state index is 0.391. The maximum Gasteiger partial charge on any atom is 0.0931 e. The van der Waals surface area contributed by atoms with Gasteiger partial charge in [0.15, 0.2) is 0 Å². The second kappa shape index (κ2) is 4.86. The van der Waals surface area contributed by atoms with Crippen molar-refractivity contribution in [1.82, 2.24) is 0 Å². The molecule has 1 heterocycles.